The highest BCUT2D eigenvalue weighted by Gasteiger charge is 2.68. The number of ketones is 1. The van der Waals surface area contributed by atoms with Crippen LogP contribution in [0.4, 0.5) is 0 Å². The molecule has 5 rings (SSSR count). The molecule has 0 spiro atoms. The number of Topliss-reactive ketones (excluding diaryl/α,β-unsaturated/α-hetero) is 1. The van der Waals surface area contributed by atoms with Gasteiger partial charge in [-0.3, -0.25) is 9.59 Å². The summed E-state index contributed by atoms with van der Waals surface area (Å²) in [6, 6.07) is 0. The molecule has 4 saturated carbocycles. The fourth-order valence-electron chi connectivity index (χ4n) is 9.76. The largest absolute Gasteiger partial charge is 0.462 e. The third-order valence-electron chi connectivity index (χ3n) is 11.0. The molecule has 0 aliphatic heterocycles. The van der Waals surface area contributed by atoms with Crippen LogP contribution in [-0.2, 0) is 14.3 Å². The molecule has 166 valence electrons. The highest BCUT2D eigenvalue weighted by molar-refractivity contribution is 5.84. The number of carbonyl (C=O) groups excluding carboxylic acids is 2. The van der Waals surface area contributed by atoms with Gasteiger partial charge in [-0.1, -0.05) is 38.3 Å². The average Bonchev–Trinajstić information content (AvgIpc) is 2.98. The lowest BCUT2D eigenvalue weighted by molar-refractivity contribution is -0.151. The van der Waals surface area contributed by atoms with E-state index in [-0.39, 0.29) is 28.3 Å². The maximum Gasteiger partial charge on any atom is 0.302 e. The summed E-state index contributed by atoms with van der Waals surface area (Å²) in [5.74, 6) is 3.13. The van der Waals surface area contributed by atoms with Crippen molar-refractivity contribution in [3.05, 3.63) is 11.6 Å². The first-order chi connectivity index (χ1) is 14.2. The molecule has 5 aliphatic carbocycles. The summed E-state index contributed by atoms with van der Waals surface area (Å²) < 4.78 is 5.59. The molecule has 3 nitrogen and oxygen atoms in total. The zero-order valence-electron chi connectivity index (χ0n) is 19.5. The summed E-state index contributed by atoms with van der Waals surface area (Å²) in [6.45, 7) is 8.46. The summed E-state index contributed by atoms with van der Waals surface area (Å²) in [4.78, 5) is 24.7. The number of ether oxygens (including phenoxy) is 1. The average molecular weight is 413 g/mol. The molecule has 0 saturated heterocycles. The van der Waals surface area contributed by atoms with Crippen LogP contribution in [0, 0.1) is 39.9 Å². The Kier molecular flexibility index (Phi) is 4.80. The normalized spacial score (nSPS) is 49.7. The quantitative estimate of drug-likeness (QED) is 0.397. The Morgan fingerprint density at radius 2 is 1.80 bits per heavy atom. The second kappa shape index (κ2) is 6.94. The second-order valence-electron chi connectivity index (χ2n) is 11.9. The monoisotopic (exact) mass is 412 g/mol. The topological polar surface area (TPSA) is 43.4 Å². The van der Waals surface area contributed by atoms with Crippen molar-refractivity contribution in [2.75, 3.05) is 0 Å². The van der Waals surface area contributed by atoms with Crippen molar-refractivity contribution in [3.63, 3.8) is 0 Å². The first kappa shape index (κ1) is 20.8. The molecule has 0 aromatic rings. The Morgan fingerprint density at radius 1 is 1.00 bits per heavy atom. The minimum atomic E-state index is -0.144. The molecule has 0 aromatic heterocycles. The van der Waals surface area contributed by atoms with Crippen LogP contribution in [0.15, 0.2) is 11.6 Å². The van der Waals surface area contributed by atoms with Crippen LogP contribution in [0.3, 0.4) is 0 Å². The van der Waals surface area contributed by atoms with Crippen molar-refractivity contribution in [2.24, 2.45) is 39.9 Å². The fourth-order valence-corrected chi connectivity index (χ4v) is 9.76. The highest BCUT2D eigenvalue weighted by atomic mass is 16.5. The van der Waals surface area contributed by atoms with Gasteiger partial charge in [0.1, 0.15) is 11.9 Å². The standard InChI is InChI=1S/C27H40O3/c1-17(28)27-12-6-5-7-20(27)16-24-22-9-8-19-15-21(30-18(2)29)10-13-25(19,3)23(22)11-14-26(24,27)4/h8,20-24H,5-7,9-16H2,1-4H3/t20-,21-,22-,23-,24-,25+,26+,27+/m1/s1. The first-order valence-corrected chi connectivity index (χ1v) is 12.6. The molecule has 0 bridgehead atoms. The SMILES string of the molecule is CC(=O)O[C@@H]1CC[C@@]2(C)C(=CC[C@@H]3[C@H]2CC[C@@]2(C)[C@@H]3C[C@H]3CCCC[C@]32C(C)=O)C1. The number of esters is 1. The minimum absolute atomic E-state index is 0.0429. The van der Waals surface area contributed by atoms with E-state index in [9.17, 15) is 9.59 Å². The molecule has 4 fully saturated rings. The predicted molar refractivity (Wildman–Crippen MR) is 118 cm³/mol. The summed E-state index contributed by atoms with van der Waals surface area (Å²) in [5.41, 5.74) is 1.97. The van der Waals surface area contributed by atoms with Gasteiger partial charge in [0.2, 0.25) is 0 Å². The van der Waals surface area contributed by atoms with Gasteiger partial charge in [-0.25, -0.2) is 0 Å². The molecular weight excluding hydrogens is 372 g/mol. The zero-order valence-corrected chi connectivity index (χ0v) is 19.5. The van der Waals surface area contributed by atoms with Crippen LogP contribution >= 0.6 is 0 Å². The van der Waals surface area contributed by atoms with Gasteiger partial charge in [0.25, 0.3) is 0 Å². The van der Waals surface area contributed by atoms with E-state index in [2.05, 4.69) is 19.9 Å². The van der Waals surface area contributed by atoms with Crippen LogP contribution < -0.4 is 0 Å². The van der Waals surface area contributed by atoms with E-state index in [1.165, 1.54) is 51.9 Å². The Hall–Kier alpha value is -1.12. The van der Waals surface area contributed by atoms with Gasteiger partial charge < -0.3 is 4.74 Å². The molecule has 30 heavy (non-hydrogen) atoms. The third-order valence-corrected chi connectivity index (χ3v) is 11.0. The van der Waals surface area contributed by atoms with Crippen LogP contribution in [0.5, 0.6) is 0 Å². The van der Waals surface area contributed by atoms with Crippen molar-refractivity contribution in [1.82, 2.24) is 0 Å². The van der Waals surface area contributed by atoms with Gasteiger partial charge >= 0.3 is 5.97 Å². The van der Waals surface area contributed by atoms with Gasteiger partial charge in [0.15, 0.2) is 0 Å². The summed E-state index contributed by atoms with van der Waals surface area (Å²) in [6.07, 6.45) is 15.6. The van der Waals surface area contributed by atoms with Crippen molar-refractivity contribution in [2.45, 2.75) is 104 Å². The van der Waals surface area contributed by atoms with E-state index in [0.29, 0.717) is 17.6 Å². The molecule has 5 aliphatic rings. The summed E-state index contributed by atoms with van der Waals surface area (Å²) >= 11 is 0. The number of fused-ring (bicyclic) bond motifs is 7. The lowest BCUT2D eigenvalue weighted by Gasteiger charge is -2.60. The number of carbonyl (C=O) groups is 2. The van der Waals surface area contributed by atoms with Crippen molar-refractivity contribution in [3.8, 4) is 0 Å². The Morgan fingerprint density at radius 3 is 2.53 bits per heavy atom. The van der Waals surface area contributed by atoms with E-state index in [1.807, 2.05) is 6.92 Å². The second-order valence-corrected chi connectivity index (χ2v) is 11.9. The van der Waals surface area contributed by atoms with Gasteiger partial charge in [0, 0.05) is 18.8 Å². The van der Waals surface area contributed by atoms with Gasteiger partial charge in [-0.2, -0.15) is 0 Å². The molecule has 0 unspecified atom stereocenters. The predicted octanol–water partition coefficient (Wildman–Crippen LogP) is 6.26. The van der Waals surface area contributed by atoms with E-state index in [1.54, 1.807) is 5.57 Å². The Bertz CT molecular complexity index is 783. The van der Waals surface area contributed by atoms with E-state index in [0.717, 1.165) is 37.5 Å². The summed E-state index contributed by atoms with van der Waals surface area (Å²) in [7, 11) is 0. The molecule has 0 radical (unpaired) electrons. The minimum Gasteiger partial charge on any atom is -0.462 e. The van der Waals surface area contributed by atoms with E-state index < -0.39 is 0 Å². The van der Waals surface area contributed by atoms with Gasteiger partial charge in [-0.05, 0) is 92.8 Å². The Balaban J connectivity index is 1.46. The summed E-state index contributed by atoms with van der Waals surface area (Å²) in [5, 5.41) is 0. The van der Waals surface area contributed by atoms with Crippen molar-refractivity contribution < 1.29 is 14.3 Å². The maximum atomic E-state index is 13.2. The van der Waals surface area contributed by atoms with Crippen LogP contribution in [0.25, 0.3) is 0 Å². The van der Waals surface area contributed by atoms with E-state index >= 15 is 0 Å². The molecule has 0 heterocycles. The third kappa shape index (κ3) is 2.62. The van der Waals surface area contributed by atoms with Crippen molar-refractivity contribution in [1.29, 1.82) is 0 Å². The number of hydrogen-bond acceptors (Lipinski definition) is 3. The zero-order chi connectivity index (χ0) is 21.3. The number of hydrogen-bond donors (Lipinski definition) is 0. The molecule has 0 N–H and O–H groups in total. The maximum absolute atomic E-state index is 13.2. The van der Waals surface area contributed by atoms with Crippen molar-refractivity contribution >= 4 is 11.8 Å². The smallest absolute Gasteiger partial charge is 0.302 e. The first-order valence-electron chi connectivity index (χ1n) is 12.6. The van der Waals surface area contributed by atoms with Crippen LogP contribution in [-0.4, -0.2) is 17.9 Å². The van der Waals surface area contributed by atoms with Crippen LogP contribution in [0.2, 0.25) is 0 Å². The van der Waals surface area contributed by atoms with Crippen LogP contribution in [0.1, 0.15) is 98.3 Å². The molecular formula is C27H40O3. The molecule has 3 heteroatoms. The molecule has 0 aromatic carbocycles. The molecule has 8 atom stereocenters. The van der Waals surface area contributed by atoms with Gasteiger partial charge in [-0.15, -0.1) is 0 Å². The lowest BCUT2D eigenvalue weighted by Crippen LogP contribution is -2.55. The number of rotatable bonds is 2. The van der Waals surface area contributed by atoms with Gasteiger partial charge in [0.05, 0.1) is 0 Å². The number of allylic oxidation sites excluding steroid dienone is 1. The Labute approximate surface area is 182 Å². The fraction of sp³-hybridized carbons (Fsp3) is 0.852. The molecule has 0 amide bonds. The lowest BCUT2D eigenvalue weighted by atomic mass is 9.44. The highest BCUT2D eigenvalue weighted by Crippen LogP contribution is 2.73. The van der Waals surface area contributed by atoms with E-state index in [4.69, 9.17) is 4.74 Å².